The van der Waals surface area contributed by atoms with Gasteiger partial charge in [0.15, 0.2) is 5.82 Å². The number of carbonyl (C=O) groups is 1. The van der Waals surface area contributed by atoms with Crippen LogP contribution < -0.4 is 5.32 Å². The van der Waals surface area contributed by atoms with Crippen molar-refractivity contribution in [2.45, 2.75) is 39.5 Å². The van der Waals surface area contributed by atoms with Crippen LogP contribution in [0.1, 0.15) is 44.4 Å². The van der Waals surface area contributed by atoms with E-state index >= 15 is 0 Å². The Bertz CT molecular complexity index is 870. The summed E-state index contributed by atoms with van der Waals surface area (Å²) >= 11 is 0. The second kappa shape index (κ2) is 8.13. The van der Waals surface area contributed by atoms with Crippen molar-refractivity contribution in [3.63, 3.8) is 0 Å². The molecule has 0 bridgehead atoms. The van der Waals surface area contributed by atoms with Crippen LogP contribution in [0.15, 0.2) is 42.6 Å². The van der Waals surface area contributed by atoms with Gasteiger partial charge in [-0.1, -0.05) is 51.1 Å². The second-order valence-electron chi connectivity index (χ2n) is 7.30. The third kappa shape index (κ3) is 4.48. The monoisotopic (exact) mass is 350 g/mol. The Labute approximate surface area is 154 Å². The number of ketones is 1. The molecule has 0 aliphatic rings. The molecular weight excluding hydrogens is 324 g/mol. The highest BCUT2D eigenvalue weighted by molar-refractivity contribution is 5.90. The molecule has 5 heteroatoms. The average molecular weight is 350 g/mol. The summed E-state index contributed by atoms with van der Waals surface area (Å²) in [6.07, 6.45) is 2.67. The van der Waals surface area contributed by atoms with Crippen LogP contribution in [-0.2, 0) is 11.2 Å². The zero-order chi connectivity index (χ0) is 18.5. The topological polar surface area (TPSA) is 70.7 Å². The molecule has 0 spiro atoms. The predicted octanol–water partition coefficient (Wildman–Crippen LogP) is 4.33. The third-order valence-corrected chi connectivity index (χ3v) is 4.46. The zero-order valence-electron chi connectivity index (χ0n) is 15.6. The molecule has 0 amide bonds. The van der Waals surface area contributed by atoms with Crippen LogP contribution in [0.2, 0.25) is 0 Å². The van der Waals surface area contributed by atoms with Crippen LogP contribution in [0, 0.1) is 5.92 Å². The molecule has 2 N–H and O–H groups in total. The molecule has 0 radical (unpaired) electrons. The maximum Gasteiger partial charge on any atom is 0.157 e. The number of nitrogens with zero attached hydrogens (tertiary/aromatic N) is 2. The van der Waals surface area contributed by atoms with E-state index < -0.39 is 0 Å². The normalized spacial score (nSPS) is 12.5. The van der Waals surface area contributed by atoms with Crippen LogP contribution in [0.4, 0.5) is 5.82 Å². The largest absolute Gasteiger partial charge is 0.368 e. The van der Waals surface area contributed by atoms with Crippen molar-refractivity contribution in [2.24, 2.45) is 5.92 Å². The molecule has 3 rings (SSSR count). The van der Waals surface area contributed by atoms with E-state index in [0.717, 1.165) is 29.0 Å². The zero-order valence-corrected chi connectivity index (χ0v) is 15.6. The number of carbonyl (C=O) groups excluding carboxylic acids is 1. The highest BCUT2D eigenvalue weighted by Crippen LogP contribution is 2.22. The Morgan fingerprint density at radius 3 is 2.69 bits per heavy atom. The first-order chi connectivity index (χ1) is 12.5. The summed E-state index contributed by atoms with van der Waals surface area (Å²) < 4.78 is 0. The van der Waals surface area contributed by atoms with E-state index in [9.17, 15) is 4.79 Å². The van der Waals surface area contributed by atoms with Crippen molar-refractivity contribution < 1.29 is 4.79 Å². The summed E-state index contributed by atoms with van der Waals surface area (Å²) in [5, 5.41) is 11.6. The van der Waals surface area contributed by atoms with Gasteiger partial charge in [0.1, 0.15) is 5.78 Å². The standard InChI is InChI=1S/C21H26N4O/c1-14(2)12-23-21-19-13-22-17(11-20(19)24-25-21)10-18(26)9-15(3)16-7-5-4-6-8-16/h4-8,11,13-15H,9-10,12H2,1-3H3,(H2,23,24,25)/t15-/m0/s1. The number of rotatable bonds is 8. The number of fused-ring (bicyclic) bond motifs is 1. The van der Waals surface area contributed by atoms with E-state index in [1.807, 2.05) is 24.3 Å². The van der Waals surface area contributed by atoms with Gasteiger partial charge in [-0.25, -0.2) is 0 Å². The number of aromatic amines is 1. The molecule has 1 atom stereocenters. The van der Waals surface area contributed by atoms with Gasteiger partial charge >= 0.3 is 0 Å². The van der Waals surface area contributed by atoms with Crippen molar-refractivity contribution in [1.29, 1.82) is 0 Å². The fraction of sp³-hybridized carbons (Fsp3) is 0.381. The molecule has 0 unspecified atom stereocenters. The molecule has 136 valence electrons. The number of hydrogen-bond acceptors (Lipinski definition) is 4. The van der Waals surface area contributed by atoms with Gasteiger partial charge in [0.2, 0.25) is 0 Å². The van der Waals surface area contributed by atoms with Gasteiger partial charge < -0.3 is 5.32 Å². The first-order valence-electron chi connectivity index (χ1n) is 9.16. The number of Topliss-reactive ketones (excluding diaryl/α,β-unsaturated/α-hetero) is 1. The molecule has 5 nitrogen and oxygen atoms in total. The van der Waals surface area contributed by atoms with Gasteiger partial charge in [0.25, 0.3) is 0 Å². The first kappa shape index (κ1) is 18.1. The number of hydrogen-bond donors (Lipinski definition) is 2. The summed E-state index contributed by atoms with van der Waals surface area (Å²) in [6.45, 7) is 7.25. The molecule has 0 saturated carbocycles. The minimum Gasteiger partial charge on any atom is -0.368 e. The summed E-state index contributed by atoms with van der Waals surface area (Å²) in [4.78, 5) is 16.9. The molecule has 26 heavy (non-hydrogen) atoms. The van der Waals surface area contributed by atoms with Crippen LogP contribution >= 0.6 is 0 Å². The Morgan fingerprint density at radius 2 is 1.96 bits per heavy atom. The Kier molecular flexibility index (Phi) is 5.66. The quantitative estimate of drug-likeness (QED) is 0.634. The van der Waals surface area contributed by atoms with Gasteiger partial charge in [-0.05, 0) is 23.5 Å². The molecular formula is C21H26N4O. The smallest absolute Gasteiger partial charge is 0.157 e. The van der Waals surface area contributed by atoms with Gasteiger partial charge in [-0.3, -0.25) is 14.9 Å². The van der Waals surface area contributed by atoms with Gasteiger partial charge in [-0.2, -0.15) is 5.10 Å². The average Bonchev–Trinajstić information content (AvgIpc) is 3.02. The lowest BCUT2D eigenvalue weighted by atomic mass is 9.94. The third-order valence-electron chi connectivity index (χ3n) is 4.46. The number of aromatic nitrogens is 3. The van der Waals surface area contributed by atoms with Gasteiger partial charge in [0, 0.05) is 31.3 Å². The summed E-state index contributed by atoms with van der Waals surface area (Å²) in [6, 6.07) is 12.1. The molecule has 0 aliphatic carbocycles. The van der Waals surface area contributed by atoms with Crippen molar-refractivity contribution in [3.05, 3.63) is 53.9 Å². The molecule has 0 fully saturated rings. The number of H-pyrrole nitrogens is 1. The highest BCUT2D eigenvalue weighted by Gasteiger charge is 2.14. The van der Waals surface area contributed by atoms with E-state index in [1.54, 1.807) is 6.20 Å². The fourth-order valence-corrected chi connectivity index (χ4v) is 3.00. The predicted molar refractivity (Wildman–Crippen MR) is 105 cm³/mol. The molecule has 3 aromatic rings. The molecule has 1 aromatic carbocycles. The fourth-order valence-electron chi connectivity index (χ4n) is 3.00. The van der Waals surface area contributed by atoms with Crippen LogP contribution in [-0.4, -0.2) is 27.5 Å². The summed E-state index contributed by atoms with van der Waals surface area (Å²) in [7, 11) is 0. The maximum atomic E-state index is 12.4. The van der Waals surface area contributed by atoms with Crippen molar-refractivity contribution in [2.75, 3.05) is 11.9 Å². The van der Waals surface area contributed by atoms with Crippen LogP contribution in [0.5, 0.6) is 0 Å². The van der Waals surface area contributed by atoms with E-state index in [2.05, 4.69) is 53.4 Å². The van der Waals surface area contributed by atoms with Crippen molar-refractivity contribution in [3.8, 4) is 0 Å². The molecule has 0 saturated heterocycles. The summed E-state index contributed by atoms with van der Waals surface area (Å²) in [5.74, 6) is 1.77. The Balaban J connectivity index is 1.64. The minimum atomic E-state index is 0.200. The second-order valence-corrected chi connectivity index (χ2v) is 7.30. The van der Waals surface area contributed by atoms with Crippen molar-refractivity contribution in [1.82, 2.24) is 15.2 Å². The first-order valence-corrected chi connectivity index (χ1v) is 9.16. The van der Waals surface area contributed by atoms with Crippen LogP contribution in [0.3, 0.4) is 0 Å². The van der Waals surface area contributed by atoms with E-state index in [4.69, 9.17) is 0 Å². The maximum absolute atomic E-state index is 12.4. The number of anilines is 1. The number of pyridine rings is 1. The Hall–Kier alpha value is -2.69. The number of benzene rings is 1. The highest BCUT2D eigenvalue weighted by atomic mass is 16.1. The number of nitrogens with one attached hydrogen (secondary N) is 2. The van der Waals surface area contributed by atoms with Gasteiger partial charge in [0.05, 0.1) is 10.9 Å². The SMILES string of the molecule is CC(C)CNc1n[nH]c2cc(CC(=O)C[C@H](C)c3ccccc3)ncc12. The lowest BCUT2D eigenvalue weighted by Crippen LogP contribution is -2.09. The van der Waals surface area contributed by atoms with Crippen molar-refractivity contribution >= 4 is 22.5 Å². The lowest BCUT2D eigenvalue weighted by molar-refractivity contribution is -0.118. The molecule has 2 heterocycles. The van der Waals surface area contributed by atoms with Crippen LogP contribution in [0.25, 0.3) is 10.9 Å². The molecule has 2 aromatic heterocycles. The summed E-state index contributed by atoms with van der Waals surface area (Å²) in [5.41, 5.74) is 2.88. The van der Waals surface area contributed by atoms with Gasteiger partial charge in [-0.15, -0.1) is 0 Å². The lowest BCUT2D eigenvalue weighted by Gasteiger charge is -2.10. The van der Waals surface area contributed by atoms with E-state index in [-0.39, 0.29) is 11.7 Å². The minimum absolute atomic E-state index is 0.200. The van der Waals surface area contributed by atoms with E-state index in [1.165, 1.54) is 5.56 Å². The molecule has 0 aliphatic heterocycles. The van der Waals surface area contributed by atoms with E-state index in [0.29, 0.717) is 18.8 Å². The Morgan fingerprint density at radius 1 is 1.19 bits per heavy atom.